The zero-order valence-corrected chi connectivity index (χ0v) is 13.4. The van der Waals surface area contributed by atoms with E-state index in [-0.39, 0.29) is 5.91 Å². The number of rotatable bonds is 5. The first-order valence-electron chi connectivity index (χ1n) is 8.88. The van der Waals surface area contributed by atoms with Gasteiger partial charge in [-0.25, -0.2) is 0 Å². The number of carbonyl (C=O) groups is 1. The lowest BCUT2D eigenvalue weighted by Crippen LogP contribution is -2.37. The largest absolute Gasteiger partial charge is 0.353 e. The second-order valence-electron chi connectivity index (χ2n) is 6.85. The second kappa shape index (κ2) is 7.77. The van der Waals surface area contributed by atoms with E-state index < -0.39 is 0 Å². The van der Waals surface area contributed by atoms with E-state index in [1.807, 2.05) is 0 Å². The summed E-state index contributed by atoms with van der Waals surface area (Å²) in [5, 5.41) is 6.70. The summed E-state index contributed by atoms with van der Waals surface area (Å²) >= 11 is 0. The maximum absolute atomic E-state index is 12.3. The standard InChI is InChI=1S/C19H28N2O/c22-19(10-9-15-11-13-20-14-12-15)21-18-8-4-7-17(18)16-5-2-1-3-6-16/h1-3,5-6,15,17-18,20H,4,7-14H2,(H,21,22). The number of hydrogen-bond acceptors (Lipinski definition) is 2. The monoisotopic (exact) mass is 300 g/mol. The molecule has 0 bridgehead atoms. The van der Waals surface area contributed by atoms with E-state index >= 15 is 0 Å². The lowest BCUT2D eigenvalue weighted by molar-refractivity contribution is -0.122. The van der Waals surface area contributed by atoms with Gasteiger partial charge in [-0.3, -0.25) is 4.79 Å². The van der Waals surface area contributed by atoms with Crippen LogP contribution in [-0.2, 0) is 4.79 Å². The molecule has 1 amide bonds. The highest BCUT2D eigenvalue weighted by Crippen LogP contribution is 2.34. The van der Waals surface area contributed by atoms with Crippen molar-refractivity contribution in [3.8, 4) is 0 Å². The van der Waals surface area contributed by atoms with Gasteiger partial charge in [0.15, 0.2) is 0 Å². The van der Waals surface area contributed by atoms with Crippen molar-refractivity contribution in [2.75, 3.05) is 13.1 Å². The summed E-state index contributed by atoms with van der Waals surface area (Å²) in [7, 11) is 0. The molecule has 1 heterocycles. The van der Waals surface area contributed by atoms with E-state index in [1.165, 1.54) is 31.2 Å². The van der Waals surface area contributed by atoms with Crippen molar-refractivity contribution in [1.29, 1.82) is 0 Å². The van der Waals surface area contributed by atoms with E-state index in [1.54, 1.807) is 0 Å². The molecule has 3 rings (SSSR count). The van der Waals surface area contributed by atoms with Crippen LogP contribution in [0.5, 0.6) is 0 Å². The van der Waals surface area contributed by atoms with Gasteiger partial charge in [0.2, 0.25) is 5.91 Å². The number of hydrogen-bond donors (Lipinski definition) is 2. The Kier molecular flexibility index (Phi) is 5.49. The quantitative estimate of drug-likeness (QED) is 0.876. The van der Waals surface area contributed by atoms with Gasteiger partial charge in [0.05, 0.1) is 0 Å². The summed E-state index contributed by atoms with van der Waals surface area (Å²) < 4.78 is 0. The lowest BCUT2D eigenvalue weighted by Gasteiger charge is -2.24. The van der Waals surface area contributed by atoms with Crippen LogP contribution < -0.4 is 10.6 Å². The van der Waals surface area contributed by atoms with Crippen LogP contribution in [0.3, 0.4) is 0 Å². The van der Waals surface area contributed by atoms with Crippen LogP contribution in [0.25, 0.3) is 0 Å². The minimum Gasteiger partial charge on any atom is -0.353 e. The van der Waals surface area contributed by atoms with Gasteiger partial charge in [-0.2, -0.15) is 0 Å². The smallest absolute Gasteiger partial charge is 0.220 e. The Labute approximate surface area is 133 Å². The van der Waals surface area contributed by atoms with E-state index in [4.69, 9.17) is 0 Å². The number of amides is 1. The number of piperidine rings is 1. The molecule has 1 saturated carbocycles. The predicted octanol–water partition coefficient (Wildman–Crippen LogP) is 3.22. The summed E-state index contributed by atoms with van der Waals surface area (Å²) in [4.78, 5) is 12.3. The molecule has 0 radical (unpaired) electrons. The summed E-state index contributed by atoms with van der Waals surface area (Å²) in [5.41, 5.74) is 1.38. The van der Waals surface area contributed by atoms with Gasteiger partial charge in [0.1, 0.15) is 0 Å². The topological polar surface area (TPSA) is 41.1 Å². The Bertz CT molecular complexity index is 468. The third-order valence-corrected chi connectivity index (χ3v) is 5.33. The van der Waals surface area contributed by atoms with Gasteiger partial charge in [0.25, 0.3) is 0 Å². The highest BCUT2D eigenvalue weighted by atomic mass is 16.1. The lowest BCUT2D eigenvalue weighted by atomic mass is 9.92. The van der Waals surface area contributed by atoms with Crippen LogP contribution in [0, 0.1) is 5.92 Å². The van der Waals surface area contributed by atoms with E-state index in [0.29, 0.717) is 18.4 Å². The Balaban J connectivity index is 1.48. The van der Waals surface area contributed by atoms with Gasteiger partial charge in [0, 0.05) is 18.4 Å². The molecule has 22 heavy (non-hydrogen) atoms. The van der Waals surface area contributed by atoms with Crippen LogP contribution in [0.15, 0.2) is 30.3 Å². The molecule has 120 valence electrons. The van der Waals surface area contributed by atoms with Crippen molar-refractivity contribution in [2.24, 2.45) is 5.92 Å². The zero-order chi connectivity index (χ0) is 15.2. The SMILES string of the molecule is O=C(CCC1CCNCC1)NC1CCCC1c1ccccc1. The molecule has 3 heteroatoms. The fourth-order valence-corrected chi connectivity index (χ4v) is 4.02. The van der Waals surface area contributed by atoms with Crippen LogP contribution in [0.2, 0.25) is 0 Å². The third kappa shape index (κ3) is 4.10. The fraction of sp³-hybridized carbons (Fsp3) is 0.632. The first-order chi connectivity index (χ1) is 10.8. The van der Waals surface area contributed by atoms with E-state index in [9.17, 15) is 4.79 Å². The van der Waals surface area contributed by atoms with Crippen molar-refractivity contribution in [3.05, 3.63) is 35.9 Å². The van der Waals surface area contributed by atoms with Gasteiger partial charge in [-0.05, 0) is 56.7 Å². The zero-order valence-electron chi connectivity index (χ0n) is 13.4. The highest BCUT2D eigenvalue weighted by Gasteiger charge is 2.29. The molecular formula is C19H28N2O. The van der Waals surface area contributed by atoms with Crippen molar-refractivity contribution >= 4 is 5.91 Å². The van der Waals surface area contributed by atoms with E-state index in [0.717, 1.165) is 31.8 Å². The van der Waals surface area contributed by atoms with Crippen molar-refractivity contribution in [1.82, 2.24) is 10.6 Å². The number of benzene rings is 1. The molecule has 1 aromatic rings. The van der Waals surface area contributed by atoms with Crippen LogP contribution in [-0.4, -0.2) is 25.0 Å². The summed E-state index contributed by atoms with van der Waals surface area (Å²) in [6.07, 6.45) is 7.74. The van der Waals surface area contributed by atoms with Gasteiger partial charge < -0.3 is 10.6 Å². The molecule has 2 unspecified atom stereocenters. The molecule has 1 aromatic carbocycles. The van der Waals surface area contributed by atoms with Crippen LogP contribution in [0.4, 0.5) is 0 Å². The Morgan fingerprint density at radius 1 is 1.09 bits per heavy atom. The van der Waals surface area contributed by atoms with Gasteiger partial charge >= 0.3 is 0 Å². The Morgan fingerprint density at radius 3 is 2.64 bits per heavy atom. The molecule has 2 aliphatic rings. The average molecular weight is 300 g/mol. The first-order valence-corrected chi connectivity index (χ1v) is 8.88. The summed E-state index contributed by atoms with van der Waals surface area (Å²) in [6.45, 7) is 2.23. The fourth-order valence-electron chi connectivity index (χ4n) is 4.02. The molecule has 3 nitrogen and oxygen atoms in total. The maximum Gasteiger partial charge on any atom is 0.220 e. The molecular weight excluding hydrogens is 272 g/mol. The molecule has 1 saturated heterocycles. The molecule has 0 spiro atoms. The summed E-state index contributed by atoms with van der Waals surface area (Å²) in [6, 6.07) is 11.0. The van der Waals surface area contributed by atoms with E-state index in [2.05, 4.69) is 41.0 Å². The molecule has 2 N–H and O–H groups in total. The van der Waals surface area contributed by atoms with Crippen molar-refractivity contribution in [3.63, 3.8) is 0 Å². The number of carbonyl (C=O) groups excluding carboxylic acids is 1. The second-order valence-corrected chi connectivity index (χ2v) is 6.85. The normalized spacial score (nSPS) is 26.0. The molecule has 1 aliphatic heterocycles. The first kappa shape index (κ1) is 15.5. The predicted molar refractivity (Wildman–Crippen MR) is 89.8 cm³/mol. The Morgan fingerprint density at radius 2 is 1.86 bits per heavy atom. The van der Waals surface area contributed by atoms with Gasteiger partial charge in [-0.1, -0.05) is 36.8 Å². The molecule has 2 fully saturated rings. The maximum atomic E-state index is 12.3. The highest BCUT2D eigenvalue weighted by molar-refractivity contribution is 5.76. The van der Waals surface area contributed by atoms with Gasteiger partial charge in [-0.15, -0.1) is 0 Å². The minimum atomic E-state index is 0.256. The van der Waals surface area contributed by atoms with Crippen LogP contribution in [0.1, 0.15) is 56.4 Å². The molecule has 1 aliphatic carbocycles. The molecule has 2 atom stereocenters. The van der Waals surface area contributed by atoms with Crippen molar-refractivity contribution in [2.45, 2.75) is 56.9 Å². The number of nitrogens with one attached hydrogen (secondary N) is 2. The molecule has 0 aromatic heterocycles. The minimum absolute atomic E-state index is 0.256. The van der Waals surface area contributed by atoms with Crippen LogP contribution >= 0.6 is 0 Å². The third-order valence-electron chi connectivity index (χ3n) is 5.33. The average Bonchev–Trinajstić information content (AvgIpc) is 3.03. The Hall–Kier alpha value is -1.35. The summed E-state index contributed by atoms with van der Waals surface area (Å²) in [5.74, 6) is 1.50. The van der Waals surface area contributed by atoms with Crippen molar-refractivity contribution < 1.29 is 4.79 Å².